The van der Waals surface area contributed by atoms with Gasteiger partial charge in [0, 0.05) is 18.3 Å². The predicted molar refractivity (Wildman–Crippen MR) is 100 cm³/mol. The molecule has 1 aromatic carbocycles. The van der Waals surface area contributed by atoms with Crippen LogP contribution in [0.5, 0.6) is 5.75 Å². The second-order valence-corrected chi connectivity index (χ2v) is 5.73. The number of hydrogen-bond donors (Lipinski definition) is 2. The van der Waals surface area contributed by atoms with Crippen LogP contribution in [0.3, 0.4) is 0 Å². The van der Waals surface area contributed by atoms with Crippen molar-refractivity contribution in [2.75, 3.05) is 23.8 Å². The first-order chi connectivity index (χ1) is 12.1. The lowest BCUT2D eigenvalue weighted by Crippen LogP contribution is -2.16. The van der Waals surface area contributed by atoms with Crippen molar-refractivity contribution in [1.82, 2.24) is 9.97 Å². The summed E-state index contributed by atoms with van der Waals surface area (Å²) in [6.45, 7) is 7.33. The summed E-state index contributed by atoms with van der Waals surface area (Å²) >= 11 is 0. The molecule has 0 aliphatic rings. The average molecular weight is 342 g/mol. The maximum Gasteiger partial charge on any atom is 0.274 e. The van der Waals surface area contributed by atoms with Crippen molar-refractivity contribution in [3.8, 4) is 5.75 Å². The molecule has 0 aliphatic heterocycles. The van der Waals surface area contributed by atoms with Gasteiger partial charge in [0.15, 0.2) is 0 Å². The summed E-state index contributed by atoms with van der Waals surface area (Å²) in [5.74, 6) is 1.76. The van der Waals surface area contributed by atoms with Crippen LogP contribution in [-0.2, 0) is 0 Å². The first-order valence-corrected chi connectivity index (χ1v) is 8.76. The Morgan fingerprint density at radius 3 is 2.56 bits per heavy atom. The number of carbonyl (C=O) groups is 1. The number of aromatic nitrogens is 2. The Balaban J connectivity index is 2.01. The van der Waals surface area contributed by atoms with Crippen LogP contribution in [0.2, 0.25) is 0 Å². The van der Waals surface area contributed by atoms with Gasteiger partial charge in [0.05, 0.1) is 6.61 Å². The highest BCUT2D eigenvalue weighted by Gasteiger charge is 2.11. The van der Waals surface area contributed by atoms with Gasteiger partial charge in [0.25, 0.3) is 5.91 Å². The van der Waals surface area contributed by atoms with Crippen LogP contribution in [0, 0.1) is 6.92 Å². The third-order valence-electron chi connectivity index (χ3n) is 3.58. The van der Waals surface area contributed by atoms with Crippen molar-refractivity contribution in [2.24, 2.45) is 0 Å². The maximum absolute atomic E-state index is 12.4. The predicted octanol–water partition coefficient (Wildman–Crippen LogP) is 4.04. The lowest BCUT2D eigenvalue weighted by atomic mass is 10.2. The van der Waals surface area contributed by atoms with Gasteiger partial charge in [-0.05, 0) is 44.5 Å². The van der Waals surface area contributed by atoms with Crippen molar-refractivity contribution in [3.63, 3.8) is 0 Å². The van der Waals surface area contributed by atoms with Crippen LogP contribution in [0.25, 0.3) is 0 Å². The van der Waals surface area contributed by atoms with Gasteiger partial charge in [-0.15, -0.1) is 0 Å². The van der Waals surface area contributed by atoms with Crippen molar-refractivity contribution >= 4 is 17.4 Å². The van der Waals surface area contributed by atoms with Crippen LogP contribution in [0.4, 0.5) is 11.5 Å². The number of aryl methyl sites for hydroxylation is 1. The number of ether oxygens (including phenoxy) is 1. The molecule has 134 valence electrons. The molecule has 0 saturated heterocycles. The highest BCUT2D eigenvalue weighted by atomic mass is 16.5. The lowest BCUT2D eigenvalue weighted by molar-refractivity contribution is 0.102. The smallest absolute Gasteiger partial charge is 0.274 e. The molecule has 25 heavy (non-hydrogen) atoms. The molecule has 6 nitrogen and oxygen atoms in total. The zero-order valence-corrected chi connectivity index (χ0v) is 15.1. The van der Waals surface area contributed by atoms with E-state index in [1.165, 1.54) is 12.8 Å². The Morgan fingerprint density at radius 1 is 1.12 bits per heavy atom. The number of rotatable bonds is 9. The van der Waals surface area contributed by atoms with Crippen LogP contribution in [0.15, 0.2) is 30.3 Å². The molecule has 6 heteroatoms. The van der Waals surface area contributed by atoms with E-state index in [1.54, 1.807) is 25.1 Å². The number of nitrogens with zero attached hydrogens (tertiary/aromatic N) is 2. The van der Waals surface area contributed by atoms with E-state index in [-0.39, 0.29) is 5.91 Å². The molecule has 2 aromatic rings. The quantitative estimate of drug-likeness (QED) is 0.673. The van der Waals surface area contributed by atoms with E-state index in [9.17, 15) is 4.79 Å². The topological polar surface area (TPSA) is 76.1 Å². The fraction of sp³-hybridized carbons (Fsp3) is 0.421. The SMILES string of the molecule is CCCCCNc1cc(C(=O)Nc2ccc(OCC)cc2)nc(C)n1. The van der Waals surface area contributed by atoms with E-state index in [1.807, 2.05) is 19.1 Å². The van der Waals surface area contributed by atoms with Gasteiger partial charge in [-0.3, -0.25) is 4.79 Å². The van der Waals surface area contributed by atoms with Crippen LogP contribution in [0.1, 0.15) is 49.4 Å². The van der Waals surface area contributed by atoms with Gasteiger partial charge in [0.1, 0.15) is 23.1 Å². The molecule has 0 unspecified atom stereocenters. The van der Waals surface area contributed by atoms with Gasteiger partial charge < -0.3 is 15.4 Å². The highest BCUT2D eigenvalue weighted by Crippen LogP contribution is 2.17. The monoisotopic (exact) mass is 342 g/mol. The summed E-state index contributed by atoms with van der Waals surface area (Å²) in [5.41, 5.74) is 1.04. The number of benzene rings is 1. The summed E-state index contributed by atoms with van der Waals surface area (Å²) in [6.07, 6.45) is 3.41. The van der Waals surface area contributed by atoms with E-state index >= 15 is 0 Å². The molecule has 0 saturated carbocycles. The first-order valence-electron chi connectivity index (χ1n) is 8.76. The van der Waals surface area contributed by atoms with E-state index in [0.717, 1.165) is 18.7 Å². The minimum absolute atomic E-state index is 0.258. The Labute approximate surface area is 149 Å². The Hall–Kier alpha value is -2.63. The Bertz CT molecular complexity index is 686. The van der Waals surface area contributed by atoms with Crippen molar-refractivity contribution in [3.05, 3.63) is 41.9 Å². The number of hydrogen-bond acceptors (Lipinski definition) is 5. The van der Waals surface area contributed by atoms with Gasteiger partial charge >= 0.3 is 0 Å². The summed E-state index contributed by atoms with van der Waals surface area (Å²) in [5, 5.41) is 6.10. The largest absolute Gasteiger partial charge is 0.494 e. The minimum atomic E-state index is -0.258. The zero-order valence-electron chi connectivity index (χ0n) is 15.1. The summed E-state index contributed by atoms with van der Waals surface area (Å²) in [7, 11) is 0. The molecule has 1 amide bonds. The molecule has 0 radical (unpaired) electrons. The van der Waals surface area contributed by atoms with Gasteiger partial charge in [-0.2, -0.15) is 0 Å². The number of unbranched alkanes of at least 4 members (excludes halogenated alkanes) is 2. The molecular weight excluding hydrogens is 316 g/mol. The van der Waals surface area contributed by atoms with Gasteiger partial charge in [0.2, 0.25) is 0 Å². The second kappa shape index (κ2) is 9.61. The lowest BCUT2D eigenvalue weighted by Gasteiger charge is -2.09. The Morgan fingerprint density at radius 2 is 1.88 bits per heavy atom. The number of amides is 1. The first kappa shape index (κ1) is 18.7. The van der Waals surface area contributed by atoms with Crippen LogP contribution < -0.4 is 15.4 Å². The Kier molecular flexibility index (Phi) is 7.19. The molecule has 0 atom stereocenters. The third-order valence-corrected chi connectivity index (χ3v) is 3.58. The fourth-order valence-electron chi connectivity index (χ4n) is 2.36. The number of anilines is 2. The molecule has 0 fully saturated rings. The summed E-state index contributed by atoms with van der Waals surface area (Å²) in [6, 6.07) is 8.95. The standard InChI is InChI=1S/C19H26N4O2/c1-4-6-7-12-20-18-13-17(21-14(3)22-18)19(24)23-15-8-10-16(11-9-15)25-5-2/h8-11,13H,4-7,12H2,1-3H3,(H,23,24)(H,20,21,22). The van der Waals surface area contributed by atoms with Gasteiger partial charge in [-0.25, -0.2) is 9.97 Å². The second-order valence-electron chi connectivity index (χ2n) is 5.73. The zero-order chi connectivity index (χ0) is 18.1. The van der Waals surface area contributed by atoms with Crippen molar-refractivity contribution < 1.29 is 9.53 Å². The molecule has 1 heterocycles. The summed E-state index contributed by atoms with van der Waals surface area (Å²) in [4.78, 5) is 21.0. The molecule has 0 aliphatic carbocycles. The molecular formula is C19H26N4O2. The van der Waals surface area contributed by atoms with E-state index in [0.29, 0.717) is 29.6 Å². The van der Waals surface area contributed by atoms with Crippen LogP contribution >= 0.6 is 0 Å². The molecule has 0 spiro atoms. The molecule has 0 bridgehead atoms. The van der Waals surface area contributed by atoms with Gasteiger partial charge in [-0.1, -0.05) is 19.8 Å². The van der Waals surface area contributed by atoms with Crippen molar-refractivity contribution in [2.45, 2.75) is 40.0 Å². The van der Waals surface area contributed by atoms with Crippen LogP contribution in [-0.4, -0.2) is 29.0 Å². The van der Waals surface area contributed by atoms with E-state index in [2.05, 4.69) is 27.5 Å². The molecule has 2 N–H and O–H groups in total. The fourth-order valence-corrected chi connectivity index (χ4v) is 2.36. The normalized spacial score (nSPS) is 10.4. The van der Waals surface area contributed by atoms with E-state index < -0.39 is 0 Å². The third kappa shape index (κ3) is 6.06. The minimum Gasteiger partial charge on any atom is -0.494 e. The summed E-state index contributed by atoms with van der Waals surface area (Å²) < 4.78 is 5.40. The molecule has 2 rings (SSSR count). The number of nitrogens with one attached hydrogen (secondary N) is 2. The van der Waals surface area contributed by atoms with E-state index in [4.69, 9.17) is 4.74 Å². The average Bonchev–Trinajstić information content (AvgIpc) is 2.60. The molecule has 1 aromatic heterocycles. The number of carbonyl (C=O) groups excluding carboxylic acids is 1. The highest BCUT2D eigenvalue weighted by molar-refractivity contribution is 6.03. The maximum atomic E-state index is 12.4. The van der Waals surface area contributed by atoms with Crippen molar-refractivity contribution in [1.29, 1.82) is 0 Å².